The number of hydrogen-bond acceptors (Lipinski definition) is 2. The molecule has 3 rings (SSSR count). The fraction of sp³-hybridized carbons (Fsp3) is 0.381. The average Bonchev–Trinajstić information content (AvgIpc) is 3.45. The molecule has 1 amide bonds. The molecule has 126 valence electrons. The molecule has 0 bridgehead atoms. The van der Waals surface area contributed by atoms with E-state index >= 15 is 0 Å². The Morgan fingerprint density at radius 2 is 1.58 bits per heavy atom. The molecular weight excluding hydrogens is 298 g/mol. The molecule has 3 heteroatoms. The van der Waals surface area contributed by atoms with Crippen LogP contribution in [0.3, 0.4) is 0 Å². The van der Waals surface area contributed by atoms with E-state index in [4.69, 9.17) is 0 Å². The van der Waals surface area contributed by atoms with Gasteiger partial charge in [-0.2, -0.15) is 0 Å². The van der Waals surface area contributed by atoms with Crippen molar-refractivity contribution in [3.8, 4) is 0 Å². The van der Waals surface area contributed by atoms with Crippen molar-refractivity contribution in [3.05, 3.63) is 71.8 Å². The van der Waals surface area contributed by atoms with Crippen molar-refractivity contribution in [2.45, 2.75) is 37.7 Å². The van der Waals surface area contributed by atoms with Gasteiger partial charge >= 0.3 is 0 Å². The van der Waals surface area contributed by atoms with Gasteiger partial charge in [0.25, 0.3) is 0 Å². The number of carbonyl (C=O) groups excluding carboxylic acids is 1. The summed E-state index contributed by atoms with van der Waals surface area (Å²) >= 11 is 0. The molecular formula is C21H25NO2. The summed E-state index contributed by atoms with van der Waals surface area (Å²) in [5.41, 5.74) is 1.48. The van der Waals surface area contributed by atoms with Crippen molar-refractivity contribution in [1.82, 2.24) is 5.32 Å². The summed E-state index contributed by atoms with van der Waals surface area (Å²) in [4.78, 5) is 12.5. The van der Waals surface area contributed by atoms with Crippen LogP contribution in [0.5, 0.6) is 0 Å². The van der Waals surface area contributed by atoms with Crippen LogP contribution in [0.4, 0.5) is 0 Å². The highest BCUT2D eigenvalue weighted by molar-refractivity contribution is 5.77. The first kappa shape index (κ1) is 16.7. The van der Waals surface area contributed by atoms with E-state index in [1.165, 1.54) is 0 Å². The lowest BCUT2D eigenvalue weighted by molar-refractivity contribution is -0.122. The molecule has 0 radical (unpaired) electrons. The van der Waals surface area contributed by atoms with Gasteiger partial charge in [0.2, 0.25) is 5.91 Å². The van der Waals surface area contributed by atoms with E-state index in [9.17, 15) is 9.90 Å². The van der Waals surface area contributed by atoms with Gasteiger partial charge in [-0.05, 0) is 36.8 Å². The van der Waals surface area contributed by atoms with Gasteiger partial charge in [-0.3, -0.25) is 4.79 Å². The van der Waals surface area contributed by atoms with Crippen LogP contribution < -0.4 is 5.32 Å². The second-order valence-corrected chi connectivity index (χ2v) is 6.99. The maximum absolute atomic E-state index is 12.5. The summed E-state index contributed by atoms with van der Waals surface area (Å²) in [7, 11) is 0. The molecule has 1 atom stereocenters. The van der Waals surface area contributed by atoms with E-state index < -0.39 is 5.60 Å². The number of aliphatic hydroxyl groups is 1. The quantitative estimate of drug-likeness (QED) is 0.819. The molecule has 2 aromatic rings. The van der Waals surface area contributed by atoms with E-state index in [-0.39, 0.29) is 11.8 Å². The average molecular weight is 323 g/mol. The number of carbonyl (C=O) groups is 1. The van der Waals surface area contributed by atoms with Crippen molar-refractivity contribution in [3.63, 3.8) is 0 Å². The molecule has 1 saturated carbocycles. The Morgan fingerprint density at radius 3 is 2.04 bits per heavy atom. The summed E-state index contributed by atoms with van der Waals surface area (Å²) in [5, 5.41) is 13.3. The normalized spacial score (nSPS) is 16.6. The van der Waals surface area contributed by atoms with Crippen LogP contribution in [0.2, 0.25) is 0 Å². The predicted molar refractivity (Wildman–Crippen MR) is 95.7 cm³/mol. The third kappa shape index (κ3) is 4.24. The minimum atomic E-state index is -0.787. The highest BCUT2D eigenvalue weighted by atomic mass is 16.3. The van der Waals surface area contributed by atoms with Gasteiger partial charge in [-0.1, -0.05) is 60.7 Å². The summed E-state index contributed by atoms with van der Waals surface area (Å²) in [6.45, 7) is 2.14. The SMILES string of the molecule is CC(O)(CNC(=O)CC(c1ccccc1)c1ccccc1)C1CC1. The van der Waals surface area contributed by atoms with E-state index in [1.54, 1.807) is 0 Å². The van der Waals surface area contributed by atoms with Crippen LogP contribution in [-0.4, -0.2) is 23.2 Å². The first-order valence-electron chi connectivity index (χ1n) is 8.65. The van der Waals surface area contributed by atoms with Crippen LogP contribution in [0.1, 0.15) is 43.2 Å². The fourth-order valence-electron chi connectivity index (χ4n) is 3.18. The maximum atomic E-state index is 12.5. The summed E-state index contributed by atoms with van der Waals surface area (Å²) < 4.78 is 0. The van der Waals surface area contributed by atoms with Gasteiger partial charge in [-0.25, -0.2) is 0 Å². The van der Waals surface area contributed by atoms with Gasteiger partial charge < -0.3 is 10.4 Å². The Kier molecular flexibility index (Phi) is 5.00. The van der Waals surface area contributed by atoms with Crippen LogP contribution in [0.15, 0.2) is 60.7 Å². The van der Waals surface area contributed by atoms with Crippen LogP contribution in [0, 0.1) is 5.92 Å². The smallest absolute Gasteiger partial charge is 0.221 e. The van der Waals surface area contributed by atoms with E-state index in [0.29, 0.717) is 18.9 Å². The first-order valence-corrected chi connectivity index (χ1v) is 8.65. The molecule has 2 N–H and O–H groups in total. The van der Waals surface area contributed by atoms with Crippen LogP contribution >= 0.6 is 0 Å². The number of rotatable bonds is 7. The number of hydrogen-bond donors (Lipinski definition) is 2. The van der Waals surface area contributed by atoms with E-state index in [0.717, 1.165) is 24.0 Å². The van der Waals surface area contributed by atoms with Crippen LogP contribution in [-0.2, 0) is 4.79 Å². The van der Waals surface area contributed by atoms with Gasteiger partial charge in [-0.15, -0.1) is 0 Å². The molecule has 0 saturated heterocycles. The second-order valence-electron chi connectivity index (χ2n) is 6.99. The van der Waals surface area contributed by atoms with E-state index in [1.807, 2.05) is 43.3 Å². The summed E-state index contributed by atoms with van der Waals surface area (Å²) in [5.74, 6) is 0.337. The number of amides is 1. The van der Waals surface area contributed by atoms with Crippen molar-refractivity contribution >= 4 is 5.91 Å². The maximum Gasteiger partial charge on any atom is 0.221 e. The Hall–Kier alpha value is -2.13. The lowest BCUT2D eigenvalue weighted by Gasteiger charge is -2.24. The lowest BCUT2D eigenvalue weighted by atomic mass is 9.88. The Labute approximate surface area is 143 Å². The Bertz CT molecular complexity index is 623. The fourth-order valence-corrected chi connectivity index (χ4v) is 3.18. The molecule has 0 heterocycles. The van der Waals surface area contributed by atoms with Crippen molar-refractivity contribution in [1.29, 1.82) is 0 Å². The molecule has 24 heavy (non-hydrogen) atoms. The van der Waals surface area contributed by atoms with E-state index in [2.05, 4.69) is 29.6 Å². The second kappa shape index (κ2) is 7.18. The minimum Gasteiger partial charge on any atom is -0.388 e. The molecule has 1 fully saturated rings. The molecule has 1 aliphatic carbocycles. The van der Waals surface area contributed by atoms with Gasteiger partial charge in [0.1, 0.15) is 0 Å². The largest absolute Gasteiger partial charge is 0.388 e. The number of benzene rings is 2. The molecule has 0 aliphatic heterocycles. The topological polar surface area (TPSA) is 49.3 Å². The standard InChI is InChI=1S/C21H25NO2/c1-21(24,18-12-13-18)15-22-20(23)14-19(16-8-4-2-5-9-16)17-10-6-3-7-11-17/h2-11,18-19,24H,12-15H2,1H3,(H,22,23). The monoisotopic (exact) mass is 323 g/mol. The molecule has 3 nitrogen and oxygen atoms in total. The van der Waals surface area contributed by atoms with Crippen molar-refractivity contribution in [2.75, 3.05) is 6.54 Å². The number of nitrogens with one attached hydrogen (secondary N) is 1. The Morgan fingerprint density at radius 1 is 1.08 bits per heavy atom. The van der Waals surface area contributed by atoms with Crippen LogP contribution in [0.25, 0.3) is 0 Å². The zero-order chi connectivity index (χ0) is 17.0. The van der Waals surface area contributed by atoms with Gasteiger partial charge in [0, 0.05) is 18.9 Å². The zero-order valence-electron chi connectivity index (χ0n) is 14.1. The molecule has 0 spiro atoms. The third-order valence-corrected chi connectivity index (χ3v) is 4.89. The summed E-state index contributed by atoms with van der Waals surface area (Å²) in [6.07, 6.45) is 2.49. The molecule has 1 unspecified atom stereocenters. The first-order chi connectivity index (χ1) is 11.6. The molecule has 2 aromatic carbocycles. The lowest BCUT2D eigenvalue weighted by Crippen LogP contribution is -2.42. The predicted octanol–water partition coefficient (Wildman–Crippen LogP) is 3.49. The molecule has 0 aromatic heterocycles. The van der Waals surface area contributed by atoms with Crippen molar-refractivity contribution < 1.29 is 9.90 Å². The highest BCUT2D eigenvalue weighted by Crippen LogP contribution is 2.39. The van der Waals surface area contributed by atoms with Gasteiger partial charge in [0.15, 0.2) is 0 Å². The zero-order valence-corrected chi connectivity index (χ0v) is 14.1. The Balaban J connectivity index is 1.69. The van der Waals surface area contributed by atoms with Crippen molar-refractivity contribution in [2.24, 2.45) is 5.92 Å². The van der Waals surface area contributed by atoms with Gasteiger partial charge in [0.05, 0.1) is 5.60 Å². The molecule has 1 aliphatic rings. The summed E-state index contributed by atoms with van der Waals surface area (Å²) in [6, 6.07) is 20.2. The highest BCUT2D eigenvalue weighted by Gasteiger charge is 2.40. The third-order valence-electron chi connectivity index (χ3n) is 4.89. The minimum absolute atomic E-state index is 0.0198.